The summed E-state index contributed by atoms with van der Waals surface area (Å²) in [5.41, 5.74) is 9.57. The highest BCUT2D eigenvalue weighted by molar-refractivity contribution is 5.50. The number of hydrogen-bond acceptors (Lipinski definition) is 2. The van der Waals surface area contributed by atoms with Gasteiger partial charge in [0.15, 0.2) is 0 Å². The van der Waals surface area contributed by atoms with Crippen molar-refractivity contribution in [1.82, 2.24) is 0 Å². The molecule has 0 spiro atoms. The number of nitrogens with two attached hydrogens (primary N) is 1. The van der Waals surface area contributed by atoms with E-state index in [0.717, 1.165) is 16.7 Å². The predicted molar refractivity (Wildman–Crippen MR) is 70.7 cm³/mol. The third-order valence-corrected chi connectivity index (χ3v) is 2.87. The molecule has 1 atom stereocenters. The first-order chi connectivity index (χ1) is 8.16. The summed E-state index contributed by atoms with van der Waals surface area (Å²) in [5.74, 6) is 0. The number of aryl methyl sites for hydroxylation is 1. The first kappa shape index (κ1) is 11.7. The Morgan fingerprint density at radius 2 is 1.82 bits per heavy atom. The van der Waals surface area contributed by atoms with E-state index < -0.39 is 6.10 Å². The van der Waals surface area contributed by atoms with Crippen LogP contribution in [0.4, 0.5) is 5.69 Å². The molecule has 0 saturated carbocycles. The maximum absolute atomic E-state index is 10.2. The van der Waals surface area contributed by atoms with Gasteiger partial charge in [-0.3, -0.25) is 0 Å². The molecule has 88 valence electrons. The first-order valence-corrected chi connectivity index (χ1v) is 5.75. The Bertz CT molecular complexity index is 494. The molecule has 2 aromatic rings. The molecule has 0 radical (unpaired) electrons. The Morgan fingerprint density at radius 3 is 2.53 bits per heavy atom. The highest BCUT2D eigenvalue weighted by atomic mass is 16.3. The molecule has 0 heterocycles. The predicted octanol–water partition coefficient (Wildman–Crippen LogP) is 2.85. The number of rotatable bonds is 3. The zero-order chi connectivity index (χ0) is 12.3. The summed E-state index contributed by atoms with van der Waals surface area (Å²) >= 11 is 0. The number of anilines is 1. The van der Waals surface area contributed by atoms with Crippen LogP contribution in [0.3, 0.4) is 0 Å². The van der Waals surface area contributed by atoms with E-state index in [-0.39, 0.29) is 0 Å². The molecule has 0 aliphatic carbocycles. The number of nitrogen functional groups attached to an aromatic ring is 1. The molecule has 0 fully saturated rings. The SMILES string of the molecule is Cc1ccc(N)c(C(O)Cc2ccccc2)c1. The van der Waals surface area contributed by atoms with Crippen molar-refractivity contribution < 1.29 is 5.11 Å². The molecule has 0 amide bonds. The van der Waals surface area contributed by atoms with E-state index in [4.69, 9.17) is 5.73 Å². The van der Waals surface area contributed by atoms with Gasteiger partial charge in [-0.1, -0.05) is 48.0 Å². The van der Waals surface area contributed by atoms with E-state index in [1.165, 1.54) is 0 Å². The molecule has 3 N–H and O–H groups in total. The quantitative estimate of drug-likeness (QED) is 0.792. The second-order valence-corrected chi connectivity index (χ2v) is 4.34. The molecular weight excluding hydrogens is 210 g/mol. The summed E-state index contributed by atoms with van der Waals surface area (Å²) < 4.78 is 0. The van der Waals surface area contributed by atoms with Crippen molar-refractivity contribution in [2.45, 2.75) is 19.4 Å². The van der Waals surface area contributed by atoms with E-state index in [1.54, 1.807) is 0 Å². The lowest BCUT2D eigenvalue weighted by atomic mass is 9.98. The van der Waals surface area contributed by atoms with E-state index in [1.807, 2.05) is 55.5 Å². The normalized spacial score (nSPS) is 12.4. The van der Waals surface area contributed by atoms with Crippen molar-refractivity contribution in [1.29, 1.82) is 0 Å². The van der Waals surface area contributed by atoms with Crippen LogP contribution in [0, 0.1) is 6.92 Å². The molecule has 17 heavy (non-hydrogen) atoms. The van der Waals surface area contributed by atoms with Crippen LogP contribution in [-0.2, 0) is 6.42 Å². The highest BCUT2D eigenvalue weighted by Crippen LogP contribution is 2.24. The van der Waals surface area contributed by atoms with Crippen LogP contribution in [0.25, 0.3) is 0 Å². The third kappa shape index (κ3) is 2.86. The van der Waals surface area contributed by atoms with Crippen molar-refractivity contribution in [3.8, 4) is 0 Å². The van der Waals surface area contributed by atoms with Gasteiger partial charge < -0.3 is 10.8 Å². The lowest BCUT2D eigenvalue weighted by molar-refractivity contribution is 0.179. The molecule has 2 aromatic carbocycles. The second-order valence-electron chi connectivity index (χ2n) is 4.34. The number of benzene rings is 2. The first-order valence-electron chi connectivity index (χ1n) is 5.75. The van der Waals surface area contributed by atoms with E-state index in [2.05, 4.69) is 0 Å². The molecular formula is C15H17NO. The summed E-state index contributed by atoms with van der Waals surface area (Å²) in [7, 11) is 0. The van der Waals surface area contributed by atoms with Gasteiger partial charge in [0, 0.05) is 17.7 Å². The maximum Gasteiger partial charge on any atom is 0.0850 e. The topological polar surface area (TPSA) is 46.2 Å². The molecule has 0 aromatic heterocycles. The summed E-state index contributed by atoms with van der Waals surface area (Å²) in [6.07, 6.45) is 0.0476. The third-order valence-electron chi connectivity index (χ3n) is 2.87. The molecule has 2 rings (SSSR count). The molecule has 0 saturated heterocycles. The van der Waals surface area contributed by atoms with Crippen LogP contribution in [-0.4, -0.2) is 5.11 Å². The average molecular weight is 227 g/mol. The molecule has 0 aliphatic rings. The van der Waals surface area contributed by atoms with E-state index >= 15 is 0 Å². The van der Waals surface area contributed by atoms with Gasteiger partial charge in [-0.25, -0.2) is 0 Å². The summed E-state index contributed by atoms with van der Waals surface area (Å²) in [6, 6.07) is 15.7. The van der Waals surface area contributed by atoms with Gasteiger partial charge in [-0.15, -0.1) is 0 Å². The van der Waals surface area contributed by atoms with Crippen LogP contribution >= 0.6 is 0 Å². The van der Waals surface area contributed by atoms with Gasteiger partial charge in [0.1, 0.15) is 0 Å². The summed E-state index contributed by atoms with van der Waals surface area (Å²) in [4.78, 5) is 0. The molecule has 0 aliphatic heterocycles. The van der Waals surface area contributed by atoms with Gasteiger partial charge in [-0.05, 0) is 18.6 Å². The van der Waals surface area contributed by atoms with Crippen molar-refractivity contribution in [3.05, 3.63) is 65.2 Å². The van der Waals surface area contributed by atoms with Crippen molar-refractivity contribution in [2.24, 2.45) is 0 Å². The fourth-order valence-electron chi connectivity index (χ4n) is 1.93. The molecule has 2 heteroatoms. The van der Waals surface area contributed by atoms with Crippen LogP contribution < -0.4 is 5.73 Å². The summed E-state index contributed by atoms with van der Waals surface area (Å²) in [6.45, 7) is 2.00. The van der Waals surface area contributed by atoms with Gasteiger partial charge in [0.2, 0.25) is 0 Å². The molecule has 2 nitrogen and oxygen atoms in total. The number of aliphatic hydroxyl groups is 1. The smallest absolute Gasteiger partial charge is 0.0850 e. The van der Waals surface area contributed by atoms with Crippen LogP contribution in [0.1, 0.15) is 22.8 Å². The van der Waals surface area contributed by atoms with Crippen molar-refractivity contribution in [2.75, 3.05) is 5.73 Å². The maximum atomic E-state index is 10.2. The van der Waals surface area contributed by atoms with Gasteiger partial charge in [-0.2, -0.15) is 0 Å². The van der Waals surface area contributed by atoms with Crippen LogP contribution in [0.2, 0.25) is 0 Å². The monoisotopic (exact) mass is 227 g/mol. The van der Waals surface area contributed by atoms with E-state index in [9.17, 15) is 5.11 Å². The zero-order valence-corrected chi connectivity index (χ0v) is 9.93. The lowest BCUT2D eigenvalue weighted by Gasteiger charge is -2.14. The summed E-state index contributed by atoms with van der Waals surface area (Å²) in [5, 5.41) is 10.2. The number of hydrogen-bond donors (Lipinski definition) is 2. The fourth-order valence-corrected chi connectivity index (χ4v) is 1.93. The minimum atomic E-state index is -0.544. The molecule has 1 unspecified atom stereocenters. The molecule has 0 bridgehead atoms. The Morgan fingerprint density at radius 1 is 1.12 bits per heavy atom. The van der Waals surface area contributed by atoms with Crippen LogP contribution in [0.15, 0.2) is 48.5 Å². The average Bonchev–Trinajstić information content (AvgIpc) is 2.33. The lowest BCUT2D eigenvalue weighted by Crippen LogP contribution is -2.05. The largest absolute Gasteiger partial charge is 0.398 e. The minimum absolute atomic E-state index is 0.544. The van der Waals surface area contributed by atoms with Crippen molar-refractivity contribution in [3.63, 3.8) is 0 Å². The zero-order valence-electron chi connectivity index (χ0n) is 9.93. The fraction of sp³-hybridized carbons (Fsp3) is 0.200. The highest BCUT2D eigenvalue weighted by Gasteiger charge is 2.11. The van der Waals surface area contributed by atoms with Crippen molar-refractivity contribution >= 4 is 5.69 Å². The Hall–Kier alpha value is -1.80. The second kappa shape index (κ2) is 5.02. The minimum Gasteiger partial charge on any atom is -0.398 e. The van der Waals surface area contributed by atoms with E-state index in [0.29, 0.717) is 12.1 Å². The number of aliphatic hydroxyl groups excluding tert-OH is 1. The van der Waals surface area contributed by atoms with Gasteiger partial charge in [0.05, 0.1) is 6.10 Å². The Labute approximate surface area is 102 Å². The van der Waals surface area contributed by atoms with Gasteiger partial charge in [0.25, 0.3) is 0 Å². The Kier molecular flexibility index (Phi) is 3.45. The van der Waals surface area contributed by atoms with Crippen LogP contribution in [0.5, 0.6) is 0 Å². The standard InChI is InChI=1S/C15H17NO/c1-11-7-8-14(16)13(9-11)15(17)10-12-5-3-2-4-6-12/h2-9,15,17H,10,16H2,1H3. The Balaban J connectivity index is 2.20. The van der Waals surface area contributed by atoms with Gasteiger partial charge >= 0.3 is 0 Å².